The minimum Gasteiger partial charge on any atom is -0.493 e. The van der Waals surface area contributed by atoms with Crippen molar-refractivity contribution in [2.45, 2.75) is 20.3 Å². The first-order valence-corrected chi connectivity index (χ1v) is 5.58. The van der Waals surface area contributed by atoms with E-state index in [-0.39, 0.29) is 6.61 Å². The summed E-state index contributed by atoms with van der Waals surface area (Å²) in [4.78, 5) is 0. The SMILES string of the molecule is CCC(C)COc1cccc(C#CCO)c1. The third kappa shape index (κ3) is 4.37. The standard InChI is InChI=1S/C14H18O2/c1-3-12(2)11-16-14-8-4-6-13(10-14)7-5-9-15/h4,6,8,10,12,15H,3,9,11H2,1-2H3. The lowest BCUT2D eigenvalue weighted by molar-refractivity contribution is 0.256. The Hall–Kier alpha value is -1.46. The molecule has 1 atom stereocenters. The Morgan fingerprint density at radius 2 is 2.25 bits per heavy atom. The lowest BCUT2D eigenvalue weighted by Crippen LogP contribution is -2.07. The molecule has 0 saturated heterocycles. The van der Waals surface area contributed by atoms with Gasteiger partial charge in [0.05, 0.1) is 6.61 Å². The molecule has 1 N–H and O–H groups in total. The molecule has 0 aliphatic carbocycles. The monoisotopic (exact) mass is 218 g/mol. The Balaban J connectivity index is 2.60. The number of benzene rings is 1. The van der Waals surface area contributed by atoms with Crippen molar-refractivity contribution < 1.29 is 9.84 Å². The molecule has 0 aliphatic heterocycles. The Labute approximate surface area is 97.3 Å². The Bertz CT molecular complexity index is 374. The van der Waals surface area contributed by atoms with Crippen LogP contribution in [0.15, 0.2) is 24.3 Å². The van der Waals surface area contributed by atoms with E-state index in [9.17, 15) is 0 Å². The molecular formula is C14H18O2. The van der Waals surface area contributed by atoms with Gasteiger partial charge in [-0.1, -0.05) is 38.2 Å². The maximum Gasteiger partial charge on any atom is 0.120 e. The van der Waals surface area contributed by atoms with Crippen LogP contribution < -0.4 is 4.74 Å². The second-order valence-corrected chi connectivity index (χ2v) is 3.81. The summed E-state index contributed by atoms with van der Waals surface area (Å²) in [5.74, 6) is 6.87. The fourth-order valence-corrected chi connectivity index (χ4v) is 1.16. The molecule has 0 aromatic heterocycles. The van der Waals surface area contributed by atoms with Crippen molar-refractivity contribution in [1.82, 2.24) is 0 Å². The highest BCUT2D eigenvalue weighted by Crippen LogP contribution is 2.14. The predicted molar refractivity (Wildman–Crippen MR) is 65.4 cm³/mol. The summed E-state index contributed by atoms with van der Waals surface area (Å²) in [6.45, 7) is 4.93. The first-order valence-electron chi connectivity index (χ1n) is 5.58. The van der Waals surface area contributed by atoms with Gasteiger partial charge in [-0.3, -0.25) is 0 Å². The van der Waals surface area contributed by atoms with Gasteiger partial charge in [-0.25, -0.2) is 0 Å². The van der Waals surface area contributed by atoms with E-state index in [4.69, 9.17) is 9.84 Å². The summed E-state index contributed by atoms with van der Waals surface area (Å²) in [5, 5.41) is 8.60. The van der Waals surface area contributed by atoms with Crippen LogP contribution in [-0.2, 0) is 0 Å². The number of hydrogen-bond acceptors (Lipinski definition) is 2. The second kappa shape index (κ2) is 6.92. The smallest absolute Gasteiger partial charge is 0.120 e. The lowest BCUT2D eigenvalue weighted by atomic mass is 10.1. The van der Waals surface area contributed by atoms with Crippen molar-refractivity contribution in [2.24, 2.45) is 5.92 Å². The molecule has 0 amide bonds. The fourth-order valence-electron chi connectivity index (χ4n) is 1.16. The molecule has 0 aliphatic rings. The molecule has 86 valence electrons. The molecule has 0 heterocycles. The minimum absolute atomic E-state index is 0.113. The molecular weight excluding hydrogens is 200 g/mol. The first kappa shape index (κ1) is 12.6. The highest BCUT2D eigenvalue weighted by molar-refractivity contribution is 5.39. The van der Waals surface area contributed by atoms with Crippen LogP contribution in [0.2, 0.25) is 0 Å². The van der Waals surface area contributed by atoms with E-state index in [0.29, 0.717) is 5.92 Å². The second-order valence-electron chi connectivity index (χ2n) is 3.81. The number of hydrogen-bond donors (Lipinski definition) is 1. The fraction of sp³-hybridized carbons (Fsp3) is 0.429. The van der Waals surface area contributed by atoms with Crippen LogP contribution in [0.25, 0.3) is 0 Å². The van der Waals surface area contributed by atoms with E-state index in [1.165, 1.54) is 0 Å². The highest BCUT2D eigenvalue weighted by Gasteiger charge is 2.00. The van der Waals surface area contributed by atoms with Crippen LogP contribution in [0.4, 0.5) is 0 Å². The van der Waals surface area contributed by atoms with Crippen LogP contribution in [0.3, 0.4) is 0 Å². The van der Waals surface area contributed by atoms with Crippen molar-refractivity contribution in [3.05, 3.63) is 29.8 Å². The molecule has 0 spiro atoms. The van der Waals surface area contributed by atoms with Gasteiger partial charge >= 0.3 is 0 Å². The van der Waals surface area contributed by atoms with Gasteiger partial charge in [-0.05, 0) is 24.1 Å². The summed E-state index contributed by atoms with van der Waals surface area (Å²) in [7, 11) is 0. The zero-order valence-corrected chi connectivity index (χ0v) is 9.86. The zero-order chi connectivity index (χ0) is 11.8. The van der Waals surface area contributed by atoms with E-state index < -0.39 is 0 Å². The Kier molecular flexibility index (Phi) is 5.45. The van der Waals surface area contributed by atoms with Crippen LogP contribution in [0.1, 0.15) is 25.8 Å². The zero-order valence-electron chi connectivity index (χ0n) is 9.86. The van der Waals surface area contributed by atoms with Crippen LogP contribution in [-0.4, -0.2) is 18.3 Å². The topological polar surface area (TPSA) is 29.5 Å². The molecule has 0 radical (unpaired) electrons. The first-order chi connectivity index (χ1) is 7.76. The highest BCUT2D eigenvalue weighted by atomic mass is 16.5. The third-order valence-electron chi connectivity index (χ3n) is 2.38. The minimum atomic E-state index is -0.113. The number of ether oxygens (including phenoxy) is 1. The van der Waals surface area contributed by atoms with Crippen molar-refractivity contribution >= 4 is 0 Å². The molecule has 16 heavy (non-hydrogen) atoms. The van der Waals surface area contributed by atoms with E-state index in [2.05, 4.69) is 25.7 Å². The summed E-state index contributed by atoms with van der Waals surface area (Å²) in [6, 6.07) is 7.63. The van der Waals surface area contributed by atoms with Crippen molar-refractivity contribution in [2.75, 3.05) is 13.2 Å². The van der Waals surface area contributed by atoms with Crippen molar-refractivity contribution in [3.8, 4) is 17.6 Å². The van der Waals surface area contributed by atoms with Crippen molar-refractivity contribution in [1.29, 1.82) is 0 Å². The molecule has 2 heteroatoms. The van der Waals surface area contributed by atoms with Gasteiger partial charge in [-0.15, -0.1) is 0 Å². The average molecular weight is 218 g/mol. The van der Waals surface area contributed by atoms with Gasteiger partial charge in [0.2, 0.25) is 0 Å². The Morgan fingerprint density at radius 1 is 1.44 bits per heavy atom. The largest absolute Gasteiger partial charge is 0.493 e. The molecule has 1 aromatic rings. The van der Waals surface area contributed by atoms with Gasteiger partial charge in [0, 0.05) is 5.56 Å². The molecule has 0 bridgehead atoms. The lowest BCUT2D eigenvalue weighted by Gasteiger charge is -2.10. The maximum atomic E-state index is 8.60. The van der Waals surface area contributed by atoms with E-state index in [0.717, 1.165) is 24.3 Å². The number of rotatable bonds is 4. The van der Waals surface area contributed by atoms with Crippen LogP contribution in [0.5, 0.6) is 5.75 Å². The molecule has 1 unspecified atom stereocenters. The summed E-state index contributed by atoms with van der Waals surface area (Å²) in [6.07, 6.45) is 1.12. The molecule has 2 nitrogen and oxygen atoms in total. The molecule has 0 saturated carbocycles. The Morgan fingerprint density at radius 3 is 2.94 bits per heavy atom. The van der Waals surface area contributed by atoms with Gasteiger partial charge in [-0.2, -0.15) is 0 Å². The molecule has 1 aromatic carbocycles. The van der Waals surface area contributed by atoms with Gasteiger partial charge in [0.15, 0.2) is 0 Å². The van der Waals surface area contributed by atoms with E-state index >= 15 is 0 Å². The van der Waals surface area contributed by atoms with E-state index in [1.54, 1.807) is 0 Å². The third-order valence-corrected chi connectivity index (χ3v) is 2.38. The summed E-state index contributed by atoms with van der Waals surface area (Å²) >= 11 is 0. The maximum absolute atomic E-state index is 8.60. The molecule has 1 rings (SSSR count). The van der Waals surface area contributed by atoms with E-state index in [1.807, 2.05) is 24.3 Å². The number of aliphatic hydroxyl groups excluding tert-OH is 1. The predicted octanol–water partition coefficient (Wildman–Crippen LogP) is 2.46. The summed E-state index contributed by atoms with van der Waals surface area (Å²) in [5.41, 5.74) is 0.871. The van der Waals surface area contributed by atoms with Gasteiger partial charge < -0.3 is 9.84 Å². The number of aliphatic hydroxyl groups is 1. The van der Waals surface area contributed by atoms with Gasteiger partial charge in [0.1, 0.15) is 12.4 Å². The quantitative estimate of drug-likeness (QED) is 0.787. The normalized spacial score (nSPS) is 11.4. The van der Waals surface area contributed by atoms with Gasteiger partial charge in [0.25, 0.3) is 0 Å². The molecule has 0 fully saturated rings. The van der Waals surface area contributed by atoms with Crippen LogP contribution >= 0.6 is 0 Å². The van der Waals surface area contributed by atoms with Crippen LogP contribution in [0, 0.1) is 17.8 Å². The average Bonchev–Trinajstić information content (AvgIpc) is 2.34. The van der Waals surface area contributed by atoms with Crippen molar-refractivity contribution in [3.63, 3.8) is 0 Å². The summed E-state index contributed by atoms with van der Waals surface area (Å²) < 4.78 is 5.65.